The number of hydrogen-bond acceptors (Lipinski definition) is 5. The summed E-state index contributed by atoms with van der Waals surface area (Å²) in [7, 11) is 3.75. The fourth-order valence-electron chi connectivity index (χ4n) is 2.66. The van der Waals surface area contributed by atoms with Crippen LogP contribution < -0.4 is 5.32 Å². The summed E-state index contributed by atoms with van der Waals surface area (Å²) in [6.07, 6.45) is 10.7. The van der Waals surface area contributed by atoms with Crippen molar-refractivity contribution < 1.29 is 4.79 Å². The summed E-state index contributed by atoms with van der Waals surface area (Å²) in [5.41, 5.74) is 4.55. The molecular weight excluding hydrogens is 557 g/mol. The molecule has 1 aliphatic rings. The number of carbonyl (C=O) groups excluding carboxylic acids is 1. The lowest BCUT2D eigenvalue weighted by atomic mass is 10.0. The van der Waals surface area contributed by atoms with E-state index in [9.17, 15) is 4.79 Å². The van der Waals surface area contributed by atoms with Gasteiger partial charge in [0.1, 0.15) is 6.29 Å². The molecule has 0 saturated heterocycles. The molecule has 0 spiro atoms. The number of halogens is 2. The van der Waals surface area contributed by atoms with E-state index in [2.05, 4.69) is 32.0 Å². The number of nitrogens with one attached hydrogen (secondary N) is 2. The molecule has 2 aromatic rings. The Morgan fingerprint density at radius 2 is 1.70 bits per heavy atom. The molecule has 1 aliphatic heterocycles. The molecule has 3 rings (SSSR count). The van der Waals surface area contributed by atoms with E-state index in [1.54, 1.807) is 36.9 Å². The van der Waals surface area contributed by atoms with Gasteiger partial charge in [0.2, 0.25) is 0 Å². The van der Waals surface area contributed by atoms with E-state index >= 15 is 0 Å². The number of benzene rings is 2. The number of hydrogen-bond donors (Lipinski definition) is 2. The molecule has 0 radical (unpaired) electrons. The van der Waals surface area contributed by atoms with Gasteiger partial charge >= 0.3 is 0 Å². The maximum Gasteiger partial charge on any atom is 0.123 e. The van der Waals surface area contributed by atoms with Gasteiger partial charge in [-0.3, -0.25) is 0 Å². The maximum atomic E-state index is 10.6. The van der Waals surface area contributed by atoms with Crippen molar-refractivity contribution in [2.75, 3.05) is 14.1 Å². The molecule has 2 N–H and O–H groups in total. The highest BCUT2D eigenvalue weighted by Gasteiger charge is 2.19. The van der Waals surface area contributed by atoms with Gasteiger partial charge in [0.15, 0.2) is 0 Å². The smallest absolute Gasteiger partial charge is 0.123 e. The number of aliphatic imine (C=N–C) groups is 1. The Hall–Kier alpha value is -2.96. The topological polar surface area (TPSA) is 65.3 Å². The van der Waals surface area contributed by atoms with Gasteiger partial charge in [-0.25, -0.2) is 4.99 Å². The van der Waals surface area contributed by atoms with E-state index in [0.717, 1.165) is 50.6 Å². The second kappa shape index (κ2) is 25.0. The molecule has 0 fully saturated rings. The van der Waals surface area contributed by atoms with Crippen LogP contribution in [0.2, 0.25) is 10.0 Å². The van der Waals surface area contributed by atoms with Crippen LogP contribution in [0.25, 0.3) is 0 Å². The van der Waals surface area contributed by atoms with Crippen LogP contribution in [0.3, 0.4) is 0 Å². The second-order valence-corrected chi connectivity index (χ2v) is 9.35. The fraction of sp³-hybridized carbons (Fsp3) is 0.242. The molecule has 0 atom stereocenters. The van der Waals surface area contributed by atoms with Crippen molar-refractivity contribution in [3.63, 3.8) is 0 Å². The molecule has 0 aromatic heterocycles. The first-order valence-corrected chi connectivity index (χ1v) is 14.5. The molecule has 40 heavy (non-hydrogen) atoms. The van der Waals surface area contributed by atoms with E-state index in [1.165, 1.54) is 6.21 Å². The number of fused-ring (bicyclic) bond motifs is 1. The lowest BCUT2D eigenvalue weighted by Gasteiger charge is -2.10. The summed E-state index contributed by atoms with van der Waals surface area (Å²) < 4.78 is 0. The van der Waals surface area contributed by atoms with Crippen molar-refractivity contribution in [2.45, 2.75) is 45.4 Å². The Balaban J connectivity index is 0. The molecule has 0 aliphatic carbocycles. The summed E-state index contributed by atoms with van der Waals surface area (Å²) in [4.78, 5) is 17.5. The average Bonchev–Trinajstić information content (AvgIpc) is 3.13. The number of nitrogens with zero attached hydrogens (tertiary/aromatic N) is 1. The summed E-state index contributed by atoms with van der Waals surface area (Å²) >= 11 is 13.9. The lowest BCUT2D eigenvalue weighted by Crippen LogP contribution is -2.04. The van der Waals surface area contributed by atoms with Crippen molar-refractivity contribution in [2.24, 2.45) is 4.99 Å². The van der Waals surface area contributed by atoms with Gasteiger partial charge in [0.25, 0.3) is 0 Å². The largest absolute Gasteiger partial charge is 0.323 e. The third kappa shape index (κ3) is 15.0. The molecule has 2 aromatic carbocycles. The van der Waals surface area contributed by atoms with Gasteiger partial charge in [-0.05, 0) is 64.0 Å². The highest BCUT2D eigenvalue weighted by atomic mass is 35.5. The molecule has 216 valence electrons. The van der Waals surface area contributed by atoms with E-state index in [4.69, 9.17) is 33.6 Å². The van der Waals surface area contributed by atoms with Crippen molar-refractivity contribution in [3.05, 3.63) is 124 Å². The molecule has 7 heteroatoms. The average molecular weight is 601 g/mol. The predicted molar refractivity (Wildman–Crippen MR) is 182 cm³/mol. The van der Waals surface area contributed by atoms with Gasteiger partial charge in [-0.15, -0.1) is 0 Å². The van der Waals surface area contributed by atoms with Gasteiger partial charge in [-0.1, -0.05) is 117 Å². The first-order chi connectivity index (χ1) is 19.3. The van der Waals surface area contributed by atoms with E-state index in [-0.39, 0.29) is 0 Å². The van der Waals surface area contributed by atoms with Crippen LogP contribution >= 0.6 is 35.0 Å². The van der Waals surface area contributed by atoms with Crippen LogP contribution in [0.4, 0.5) is 0 Å². The zero-order valence-corrected chi connectivity index (χ0v) is 26.9. The highest BCUT2D eigenvalue weighted by molar-refractivity contribution is 8.03. The zero-order valence-electron chi connectivity index (χ0n) is 24.6. The summed E-state index contributed by atoms with van der Waals surface area (Å²) in [5, 5.41) is 9.82. The molecule has 0 amide bonds. The van der Waals surface area contributed by atoms with Crippen LogP contribution in [0, 0.1) is 5.41 Å². The third-order valence-corrected chi connectivity index (χ3v) is 6.36. The monoisotopic (exact) mass is 599 g/mol. The third-order valence-electron chi connectivity index (χ3n) is 4.48. The Labute approximate surface area is 256 Å². The lowest BCUT2D eigenvalue weighted by molar-refractivity contribution is -0.107. The summed E-state index contributed by atoms with van der Waals surface area (Å²) in [5.74, 6) is 0. The van der Waals surface area contributed by atoms with Crippen molar-refractivity contribution in [1.82, 2.24) is 5.32 Å². The van der Waals surface area contributed by atoms with Crippen LogP contribution in [-0.4, -0.2) is 32.3 Å². The Kier molecular flexibility index (Phi) is 24.5. The van der Waals surface area contributed by atoms with Crippen molar-refractivity contribution in [1.29, 1.82) is 5.41 Å². The Bertz CT molecular complexity index is 1180. The van der Waals surface area contributed by atoms with Crippen molar-refractivity contribution in [3.8, 4) is 0 Å². The molecular formula is C33H43Cl2N3OS. The summed E-state index contributed by atoms with van der Waals surface area (Å²) in [6, 6.07) is 13.5. The van der Waals surface area contributed by atoms with Gasteiger partial charge in [0, 0.05) is 27.3 Å². The second-order valence-electron chi connectivity index (χ2n) is 7.45. The van der Waals surface area contributed by atoms with Gasteiger partial charge < -0.3 is 15.5 Å². The number of carbonyl (C=O) groups is 1. The molecule has 0 saturated carbocycles. The quantitative estimate of drug-likeness (QED) is 0.189. The number of allylic oxidation sites excluding steroid dienone is 5. The Morgan fingerprint density at radius 1 is 1.10 bits per heavy atom. The van der Waals surface area contributed by atoms with E-state index < -0.39 is 0 Å². The molecule has 0 unspecified atom stereocenters. The SMILES string of the molecule is C=CC(=C)CC.C=CC1=C(/C=C\CC=O)Sc2ccccc2C(c2ccc(Cl)c(Cl)c2)=N1.CC.CC=N.CNC. The predicted octanol–water partition coefficient (Wildman–Crippen LogP) is 10.1. The highest BCUT2D eigenvalue weighted by Crippen LogP contribution is 2.38. The Morgan fingerprint density at radius 3 is 2.17 bits per heavy atom. The molecule has 4 nitrogen and oxygen atoms in total. The van der Waals surface area contributed by atoms with Crippen LogP contribution in [0.5, 0.6) is 0 Å². The number of thioether (sulfide) groups is 1. The summed E-state index contributed by atoms with van der Waals surface area (Å²) in [6.45, 7) is 18.8. The minimum atomic E-state index is 0.361. The fourth-order valence-corrected chi connectivity index (χ4v) is 4.02. The standard InChI is InChI=1S/C21H15Cl2NOS.C6H10.C2H7N.C2H5N.C2H6/c1-2-18-20(9-5-6-12-25)26-19-8-4-3-7-15(19)21(24-18)14-10-11-16(22)17(23)13-14;1-4-6(3)5-2;1-3-2;1-2-3;1-2/h2-5,7-13H,1,6H2;4H,1,3,5H2,2H3;3H,1-2H3;2-3H,1H3;1-2H3/b9-5-;;;;. The normalized spacial score (nSPS) is 11.2. The zero-order chi connectivity index (χ0) is 30.9. The molecule has 1 heterocycles. The maximum absolute atomic E-state index is 10.6. The van der Waals surface area contributed by atoms with Crippen LogP contribution in [0.15, 0.2) is 113 Å². The van der Waals surface area contributed by atoms with Crippen LogP contribution in [0.1, 0.15) is 51.7 Å². The van der Waals surface area contributed by atoms with Crippen LogP contribution in [-0.2, 0) is 4.79 Å². The molecule has 0 bridgehead atoms. The number of rotatable bonds is 7. The number of aldehydes is 1. The van der Waals surface area contributed by atoms with Crippen molar-refractivity contribution >= 4 is 53.2 Å². The first kappa shape index (κ1) is 39.2. The minimum absolute atomic E-state index is 0.361. The first-order valence-electron chi connectivity index (χ1n) is 12.9. The van der Waals surface area contributed by atoms with E-state index in [1.807, 2.05) is 76.5 Å². The van der Waals surface area contributed by atoms with Gasteiger partial charge in [-0.2, -0.15) is 0 Å². The minimum Gasteiger partial charge on any atom is -0.323 e. The van der Waals surface area contributed by atoms with Gasteiger partial charge in [0.05, 0.1) is 21.5 Å². The van der Waals surface area contributed by atoms with E-state index in [0.29, 0.717) is 16.5 Å².